The number of ether oxygens (including phenoxy) is 1. The molecule has 0 radical (unpaired) electrons. The monoisotopic (exact) mass is 268 g/mol. The van der Waals surface area contributed by atoms with Gasteiger partial charge in [-0.15, -0.1) is 0 Å². The van der Waals surface area contributed by atoms with E-state index in [1.54, 1.807) is 0 Å². The topological polar surface area (TPSA) is 24.5 Å². The van der Waals surface area contributed by atoms with E-state index in [1.807, 2.05) is 0 Å². The summed E-state index contributed by atoms with van der Waals surface area (Å²) < 4.78 is 5.90. The zero-order chi connectivity index (χ0) is 13.9. The first-order valence-electron chi connectivity index (χ1n) is 8.05. The van der Waals surface area contributed by atoms with Crippen molar-refractivity contribution < 1.29 is 4.74 Å². The maximum atomic E-state index is 5.90. The minimum Gasteiger partial charge on any atom is -0.374 e. The van der Waals surface area contributed by atoms with E-state index < -0.39 is 0 Å². The van der Waals surface area contributed by atoms with Gasteiger partial charge in [0.25, 0.3) is 0 Å². The fraction of sp³-hybridized carbons (Fsp3) is 1.00. The highest BCUT2D eigenvalue weighted by atomic mass is 16.5. The maximum absolute atomic E-state index is 5.90. The Hall–Kier alpha value is -0.120. The van der Waals surface area contributed by atoms with Crippen LogP contribution in [0.15, 0.2) is 0 Å². The minimum atomic E-state index is 0.376. The molecule has 3 nitrogen and oxygen atoms in total. The summed E-state index contributed by atoms with van der Waals surface area (Å²) in [6, 6.07) is 1.33. The van der Waals surface area contributed by atoms with E-state index in [0.717, 1.165) is 26.2 Å². The van der Waals surface area contributed by atoms with Crippen molar-refractivity contribution in [3.63, 3.8) is 0 Å². The van der Waals surface area contributed by atoms with Crippen LogP contribution >= 0.6 is 0 Å². The summed E-state index contributed by atoms with van der Waals surface area (Å²) in [5.74, 6) is 0. The van der Waals surface area contributed by atoms with Gasteiger partial charge in [0.2, 0.25) is 0 Å². The predicted molar refractivity (Wildman–Crippen MR) is 80.5 cm³/mol. The van der Waals surface area contributed by atoms with Gasteiger partial charge in [0.05, 0.1) is 12.7 Å². The van der Waals surface area contributed by atoms with E-state index in [0.29, 0.717) is 23.6 Å². The Morgan fingerprint density at radius 3 is 2.84 bits per heavy atom. The molecule has 0 spiro atoms. The van der Waals surface area contributed by atoms with E-state index in [9.17, 15) is 0 Å². The molecule has 1 aliphatic heterocycles. The Bertz CT molecular complexity index is 278. The number of hydrogen-bond donors (Lipinski definition) is 1. The number of nitrogens with one attached hydrogen (secondary N) is 1. The van der Waals surface area contributed by atoms with Gasteiger partial charge in [-0.05, 0) is 38.5 Å². The van der Waals surface area contributed by atoms with Gasteiger partial charge in [0.15, 0.2) is 0 Å². The molecule has 0 aromatic rings. The van der Waals surface area contributed by atoms with Gasteiger partial charge < -0.3 is 10.1 Å². The van der Waals surface area contributed by atoms with Crippen molar-refractivity contribution in [2.24, 2.45) is 5.41 Å². The molecule has 0 amide bonds. The summed E-state index contributed by atoms with van der Waals surface area (Å²) in [6.07, 6.45) is 5.78. The van der Waals surface area contributed by atoms with Gasteiger partial charge in [-0.2, -0.15) is 0 Å². The van der Waals surface area contributed by atoms with E-state index in [-0.39, 0.29) is 0 Å². The van der Waals surface area contributed by atoms with Crippen molar-refractivity contribution >= 4 is 0 Å². The second kappa shape index (κ2) is 6.55. The zero-order valence-corrected chi connectivity index (χ0v) is 13.2. The fourth-order valence-electron chi connectivity index (χ4n) is 3.51. The third kappa shape index (κ3) is 4.73. The van der Waals surface area contributed by atoms with Gasteiger partial charge in [-0.3, -0.25) is 4.90 Å². The van der Waals surface area contributed by atoms with Crippen LogP contribution in [-0.4, -0.2) is 49.3 Å². The molecule has 0 bridgehead atoms. The normalized spacial score (nSPS) is 32.7. The lowest BCUT2D eigenvalue weighted by atomic mass is 9.75. The lowest BCUT2D eigenvalue weighted by Crippen LogP contribution is -2.50. The second-order valence-corrected chi connectivity index (χ2v) is 7.45. The Labute approximate surface area is 119 Å². The lowest BCUT2D eigenvalue weighted by molar-refractivity contribution is -0.0391. The molecule has 2 unspecified atom stereocenters. The fourth-order valence-corrected chi connectivity index (χ4v) is 3.51. The molecule has 0 aromatic carbocycles. The van der Waals surface area contributed by atoms with E-state index >= 15 is 0 Å². The number of rotatable bonds is 4. The first-order valence-corrected chi connectivity index (χ1v) is 8.05. The third-order valence-electron chi connectivity index (χ3n) is 4.74. The Morgan fingerprint density at radius 1 is 1.37 bits per heavy atom. The van der Waals surface area contributed by atoms with Crippen LogP contribution in [0, 0.1) is 5.41 Å². The molecular weight excluding hydrogens is 236 g/mol. The first-order chi connectivity index (χ1) is 8.96. The number of morpholine rings is 1. The Balaban J connectivity index is 1.73. The van der Waals surface area contributed by atoms with Crippen LogP contribution in [0.2, 0.25) is 0 Å². The molecule has 112 valence electrons. The van der Waals surface area contributed by atoms with Gasteiger partial charge in [-0.1, -0.05) is 20.3 Å². The van der Waals surface area contributed by atoms with Crippen molar-refractivity contribution in [1.82, 2.24) is 10.2 Å². The molecule has 1 saturated carbocycles. The SMILES string of the molecule is CC(C)N1CCOC(CNC2CCCC(C)(C)C2)C1. The lowest BCUT2D eigenvalue weighted by Gasteiger charge is -2.38. The van der Waals surface area contributed by atoms with Gasteiger partial charge in [0, 0.05) is 31.7 Å². The van der Waals surface area contributed by atoms with E-state index in [1.165, 1.54) is 25.7 Å². The molecule has 2 fully saturated rings. The zero-order valence-electron chi connectivity index (χ0n) is 13.2. The van der Waals surface area contributed by atoms with Crippen molar-refractivity contribution in [1.29, 1.82) is 0 Å². The largest absolute Gasteiger partial charge is 0.374 e. The molecule has 2 aliphatic rings. The molecule has 1 saturated heterocycles. The average molecular weight is 268 g/mol. The molecule has 2 atom stereocenters. The molecule has 3 heteroatoms. The summed E-state index contributed by atoms with van der Waals surface area (Å²) >= 11 is 0. The van der Waals surface area contributed by atoms with Crippen molar-refractivity contribution in [3.8, 4) is 0 Å². The van der Waals surface area contributed by atoms with Crippen LogP contribution in [0.3, 0.4) is 0 Å². The number of hydrogen-bond acceptors (Lipinski definition) is 3. The molecular formula is C16H32N2O. The highest BCUT2D eigenvalue weighted by molar-refractivity contribution is 4.85. The van der Waals surface area contributed by atoms with Crippen molar-refractivity contribution in [2.75, 3.05) is 26.2 Å². The molecule has 0 aromatic heterocycles. The summed E-state index contributed by atoms with van der Waals surface area (Å²) in [5.41, 5.74) is 0.521. The Kier molecular flexibility index (Phi) is 5.27. The van der Waals surface area contributed by atoms with Crippen LogP contribution in [0.5, 0.6) is 0 Å². The third-order valence-corrected chi connectivity index (χ3v) is 4.74. The average Bonchev–Trinajstić information content (AvgIpc) is 2.35. The molecule has 1 aliphatic carbocycles. The first kappa shape index (κ1) is 15.3. The van der Waals surface area contributed by atoms with Crippen LogP contribution in [-0.2, 0) is 4.74 Å². The standard InChI is InChI=1S/C16H32N2O/c1-13(2)18-8-9-19-15(12-18)11-17-14-6-5-7-16(3,4)10-14/h13-15,17H,5-12H2,1-4H3. The summed E-state index contributed by atoms with van der Waals surface area (Å²) in [4.78, 5) is 2.53. The van der Waals surface area contributed by atoms with Gasteiger partial charge >= 0.3 is 0 Å². The highest BCUT2D eigenvalue weighted by Gasteiger charge is 2.29. The molecule has 2 rings (SSSR count). The molecule has 1 heterocycles. The van der Waals surface area contributed by atoms with Crippen LogP contribution < -0.4 is 5.32 Å². The van der Waals surface area contributed by atoms with Crippen LogP contribution in [0.4, 0.5) is 0 Å². The molecule has 1 N–H and O–H groups in total. The van der Waals surface area contributed by atoms with E-state index in [2.05, 4.69) is 37.9 Å². The van der Waals surface area contributed by atoms with Crippen LogP contribution in [0.1, 0.15) is 53.4 Å². The van der Waals surface area contributed by atoms with Crippen molar-refractivity contribution in [2.45, 2.75) is 71.6 Å². The predicted octanol–water partition coefficient (Wildman–Crippen LogP) is 2.65. The highest BCUT2D eigenvalue weighted by Crippen LogP contribution is 2.35. The van der Waals surface area contributed by atoms with Crippen LogP contribution in [0.25, 0.3) is 0 Å². The van der Waals surface area contributed by atoms with Gasteiger partial charge in [0.1, 0.15) is 0 Å². The smallest absolute Gasteiger partial charge is 0.0826 e. The summed E-state index contributed by atoms with van der Waals surface area (Å²) in [5, 5.41) is 3.75. The van der Waals surface area contributed by atoms with Crippen molar-refractivity contribution in [3.05, 3.63) is 0 Å². The second-order valence-electron chi connectivity index (χ2n) is 7.45. The van der Waals surface area contributed by atoms with Gasteiger partial charge in [-0.25, -0.2) is 0 Å². The Morgan fingerprint density at radius 2 is 2.16 bits per heavy atom. The molecule has 19 heavy (non-hydrogen) atoms. The maximum Gasteiger partial charge on any atom is 0.0826 e. The quantitative estimate of drug-likeness (QED) is 0.848. The summed E-state index contributed by atoms with van der Waals surface area (Å²) in [6.45, 7) is 13.4. The number of nitrogens with zero attached hydrogens (tertiary/aromatic N) is 1. The minimum absolute atomic E-state index is 0.376. The van der Waals surface area contributed by atoms with E-state index in [4.69, 9.17) is 4.74 Å². The summed E-state index contributed by atoms with van der Waals surface area (Å²) in [7, 11) is 0.